The summed E-state index contributed by atoms with van der Waals surface area (Å²) in [4.78, 5) is 46.9. The molecule has 9 heteroatoms. The van der Waals surface area contributed by atoms with E-state index in [1.165, 1.54) is 13.0 Å². The van der Waals surface area contributed by atoms with E-state index in [-0.39, 0.29) is 30.7 Å². The number of carbonyl (C=O) groups is 4. The number of esters is 1. The number of carbonyl (C=O) groups excluding carboxylic acids is 4. The van der Waals surface area contributed by atoms with Crippen LogP contribution in [0.4, 0.5) is 10.5 Å². The summed E-state index contributed by atoms with van der Waals surface area (Å²) < 4.78 is 10.0. The summed E-state index contributed by atoms with van der Waals surface area (Å²) in [6.45, 7) is 6.55. The van der Waals surface area contributed by atoms with Crippen LogP contribution in [-0.2, 0) is 20.9 Å². The Hall–Kier alpha value is -3.88. The van der Waals surface area contributed by atoms with Crippen molar-refractivity contribution in [1.82, 2.24) is 10.6 Å². The van der Waals surface area contributed by atoms with E-state index in [0.29, 0.717) is 11.3 Å². The van der Waals surface area contributed by atoms with E-state index in [1.54, 1.807) is 63.2 Å². The van der Waals surface area contributed by atoms with E-state index in [0.717, 1.165) is 5.56 Å². The summed E-state index contributed by atoms with van der Waals surface area (Å²) in [6.07, 6.45) is -0.661. The predicted molar refractivity (Wildman–Crippen MR) is 118 cm³/mol. The fraction of sp³-hybridized carbons (Fsp3) is 0.304. The van der Waals surface area contributed by atoms with Crippen LogP contribution in [-0.4, -0.2) is 36.0 Å². The van der Waals surface area contributed by atoms with Crippen molar-refractivity contribution >= 4 is 29.6 Å². The van der Waals surface area contributed by atoms with E-state index in [1.807, 2.05) is 0 Å². The Labute approximate surface area is 186 Å². The molecule has 0 aliphatic heterocycles. The van der Waals surface area contributed by atoms with Crippen molar-refractivity contribution in [3.8, 4) is 5.75 Å². The van der Waals surface area contributed by atoms with Gasteiger partial charge < -0.3 is 25.4 Å². The van der Waals surface area contributed by atoms with Crippen LogP contribution in [0.25, 0.3) is 0 Å². The molecule has 0 aliphatic carbocycles. The minimum atomic E-state index is -0.661. The zero-order valence-corrected chi connectivity index (χ0v) is 18.5. The van der Waals surface area contributed by atoms with Gasteiger partial charge in [-0.3, -0.25) is 14.4 Å². The number of ether oxygens (including phenoxy) is 2. The number of nitrogens with one attached hydrogen (secondary N) is 3. The number of alkyl carbamates (subject to hydrolysis) is 1. The van der Waals surface area contributed by atoms with Gasteiger partial charge in [0.15, 0.2) is 0 Å². The Balaban J connectivity index is 1.82. The Bertz CT molecular complexity index is 980. The lowest BCUT2D eigenvalue weighted by atomic mass is 10.1. The van der Waals surface area contributed by atoms with Crippen LogP contribution in [0.5, 0.6) is 5.75 Å². The minimum absolute atomic E-state index is 0.199. The fourth-order valence-electron chi connectivity index (χ4n) is 2.51. The summed E-state index contributed by atoms with van der Waals surface area (Å²) in [7, 11) is 0. The van der Waals surface area contributed by atoms with Crippen LogP contribution in [0, 0.1) is 0 Å². The molecule has 0 aromatic heterocycles. The Morgan fingerprint density at radius 2 is 1.62 bits per heavy atom. The van der Waals surface area contributed by atoms with Crippen molar-refractivity contribution in [1.29, 1.82) is 0 Å². The number of amides is 3. The van der Waals surface area contributed by atoms with Crippen molar-refractivity contribution in [3.63, 3.8) is 0 Å². The summed E-state index contributed by atoms with van der Waals surface area (Å²) in [5.41, 5.74) is 1.08. The highest BCUT2D eigenvalue weighted by molar-refractivity contribution is 6.04. The third-order valence-electron chi connectivity index (χ3n) is 3.85. The van der Waals surface area contributed by atoms with Crippen molar-refractivity contribution < 1.29 is 28.7 Å². The lowest BCUT2D eigenvalue weighted by molar-refractivity contribution is -0.131. The van der Waals surface area contributed by atoms with Gasteiger partial charge in [0, 0.05) is 24.7 Å². The lowest BCUT2D eigenvalue weighted by Crippen LogP contribution is -2.39. The second-order valence-corrected chi connectivity index (χ2v) is 7.90. The number of hydrogen-bond donors (Lipinski definition) is 3. The van der Waals surface area contributed by atoms with E-state index in [4.69, 9.17) is 9.47 Å². The fourth-order valence-corrected chi connectivity index (χ4v) is 2.51. The second kappa shape index (κ2) is 10.9. The lowest BCUT2D eigenvalue weighted by Gasteiger charge is -2.19. The van der Waals surface area contributed by atoms with Crippen LogP contribution in [0.15, 0.2) is 48.5 Å². The van der Waals surface area contributed by atoms with Gasteiger partial charge in [-0.15, -0.1) is 0 Å². The van der Waals surface area contributed by atoms with Gasteiger partial charge in [0.25, 0.3) is 5.91 Å². The molecule has 170 valence electrons. The maximum Gasteiger partial charge on any atom is 0.408 e. The smallest absolute Gasteiger partial charge is 0.408 e. The van der Waals surface area contributed by atoms with Crippen LogP contribution in [0.3, 0.4) is 0 Å². The molecule has 0 radical (unpaired) electrons. The summed E-state index contributed by atoms with van der Waals surface area (Å²) >= 11 is 0. The molecule has 0 saturated heterocycles. The molecule has 3 N–H and O–H groups in total. The summed E-state index contributed by atoms with van der Waals surface area (Å²) in [5.74, 6) is -0.891. The Morgan fingerprint density at radius 1 is 0.938 bits per heavy atom. The number of hydrogen-bond acceptors (Lipinski definition) is 6. The van der Waals surface area contributed by atoms with Gasteiger partial charge in [-0.25, -0.2) is 4.79 Å². The number of benzene rings is 2. The zero-order valence-electron chi connectivity index (χ0n) is 18.5. The van der Waals surface area contributed by atoms with E-state index < -0.39 is 17.7 Å². The second-order valence-electron chi connectivity index (χ2n) is 7.90. The molecule has 9 nitrogen and oxygen atoms in total. The van der Waals surface area contributed by atoms with Crippen molar-refractivity contribution in [2.24, 2.45) is 0 Å². The molecule has 3 amide bonds. The highest BCUT2D eigenvalue weighted by Crippen LogP contribution is 2.16. The van der Waals surface area contributed by atoms with Gasteiger partial charge in [0.1, 0.15) is 17.9 Å². The van der Waals surface area contributed by atoms with Gasteiger partial charge in [-0.2, -0.15) is 0 Å². The molecule has 2 aromatic rings. The molecular weight excluding hydrogens is 414 g/mol. The first-order chi connectivity index (χ1) is 15.0. The van der Waals surface area contributed by atoms with Gasteiger partial charge in [0.05, 0.1) is 0 Å². The summed E-state index contributed by atoms with van der Waals surface area (Å²) in [5, 5.41) is 7.83. The minimum Gasteiger partial charge on any atom is -0.444 e. The molecule has 0 fully saturated rings. The largest absolute Gasteiger partial charge is 0.444 e. The maximum atomic E-state index is 12.4. The molecular formula is C23H27N3O6. The first-order valence-corrected chi connectivity index (χ1v) is 9.94. The Morgan fingerprint density at radius 3 is 2.25 bits per heavy atom. The van der Waals surface area contributed by atoms with E-state index in [2.05, 4.69) is 16.0 Å². The molecule has 2 rings (SSSR count). The van der Waals surface area contributed by atoms with Gasteiger partial charge in [-0.05, 0) is 56.7 Å². The molecule has 0 spiro atoms. The predicted octanol–water partition coefficient (Wildman–Crippen LogP) is 3.01. The number of anilines is 1. The number of rotatable bonds is 7. The molecule has 0 heterocycles. The average Bonchev–Trinajstić information content (AvgIpc) is 2.70. The third-order valence-corrected chi connectivity index (χ3v) is 3.85. The normalized spacial score (nSPS) is 10.6. The molecule has 0 atom stereocenters. The highest BCUT2D eigenvalue weighted by atomic mass is 16.6. The molecule has 0 aliphatic rings. The SMILES string of the molecule is CC(=O)Oc1cccc(C(=O)Nc2ccc(CNC(=O)CNC(=O)OC(C)(C)C)cc2)c1. The van der Waals surface area contributed by atoms with Gasteiger partial charge >= 0.3 is 12.1 Å². The monoisotopic (exact) mass is 441 g/mol. The molecule has 32 heavy (non-hydrogen) atoms. The van der Waals surface area contributed by atoms with Gasteiger partial charge in [0.2, 0.25) is 5.91 Å². The molecule has 0 unspecified atom stereocenters. The third kappa shape index (κ3) is 8.86. The molecule has 0 saturated carbocycles. The average molecular weight is 441 g/mol. The quantitative estimate of drug-likeness (QED) is 0.448. The molecule has 0 bridgehead atoms. The summed E-state index contributed by atoms with van der Waals surface area (Å²) in [6, 6.07) is 13.2. The van der Waals surface area contributed by atoms with E-state index in [9.17, 15) is 19.2 Å². The first-order valence-electron chi connectivity index (χ1n) is 9.94. The molecule has 2 aromatic carbocycles. The van der Waals surface area contributed by atoms with Crippen LogP contribution < -0.4 is 20.7 Å². The van der Waals surface area contributed by atoms with Crippen molar-refractivity contribution in [2.75, 3.05) is 11.9 Å². The maximum absolute atomic E-state index is 12.4. The van der Waals surface area contributed by atoms with Crippen LogP contribution in [0.1, 0.15) is 43.6 Å². The first kappa shape index (κ1) is 24.4. The highest BCUT2D eigenvalue weighted by Gasteiger charge is 2.16. The van der Waals surface area contributed by atoms with Crippen LogP contribution >= 0.6 is 0 Å². The van der Waals surface area contributed by atoms with Gasteiger partial charge in [-0.1, -0.05) is 18.2 Å². The topological polar surface area (TPSA) is 123 Å². The van der Waals surface area contributed by atoms with Crippen molar-refractivity contribution in [3.05, 3.63) is 59.7 Å². The standard InChI is InChI=1S/C23H27N3O6/c1-15(27)31-19-7-5-6-17(12-19)21(29)26-18-10-8-16(9-11-18)13-24-20(28)14-25-22(30)32-23(2,3)4/h5-12H,13-14H2,1-4H3,(H,24,28)(H,25,30)(H,26,29). The Kier molecular flexibility index (Phi) is 8.34. The van der Waals surface area contributed by atoms with E-state index >= 15 is 0 Å². The van der Waals surface area contributed by atoms with Crippen LogP contribution in [0.2, 0.25) is 0 Å². The van der Waals surface area contributed by atoms with Crippen molar-refractivity contribution in [2.45, 2.75) is 39.8 Å². The zero-order chi connectivity index (χ0) is 23.7.